The highest BCUT2D eigenvalue weighted by Gasteiger charge is 2.26. The summed E-state index contributed by atoms with van der Waals surface area (Å²) in [5.41, 5.74) is 0.570. The largest absolute Gasteiger partial charge is 0.388 e. The van der Waals surface area contributed by atoms with Gasteiger partial charge in [-0.15, -0.1) is 0 Å². The van der Waals surface area contributed by atoms with Gasteiger partial charge in [-0.2, -0.15) is 4.99 Å². The molecule has 0 fully saturated rings. The number of benzene rings is 1. The molecular formula is C11H9N3O4. The number of carbonyl (C=O) groups is 1. The summed E-state index contributed by atoms with van der Waals surface area (Å²) in [6.45, 7) is 1.25. The Kier molecular flexibility index (Phi) is 2.56. The molecule has 92 valence electrons. The summed E-state index contributed by atoms with van der Waals surface area (Å²) in [7, 11) is 0. The molecule has 2 heterocycles. The van der Waals surface area contributed by atoms with E-state index < -0.39 is 5.97 Å². The summed E-state index contributed by atoms with van der Waals surface area (Å²) in [5, 5.41) is 6.38. The summed E-state index contributed by atoms with van der Waals surface area (Å²) in [4.78, 5) is 25.2. The lowest BCUT2D eigenvalue weighted by atomic mass is 10.1. The molecule has 0 saturated heterocycles. The smallest absolute Gasteiger partial charge is 0.369 e. The van der Waals surface area contributed by atoms with Crippen LogP contribution in [0.1, 0.15) is 5.56 Å². The highest BCUT2D eigenvalue weighted by atomic mass is 17.3. The van der Waals surface area contributed by atoms with Crippen LogP contribution in [0.25, 0.3) is 0 Å². The van der Waals surface area contributed by atoms with Crippen LogP contribution in [0.15, 0.2) is 34.4 Å². The number of hydrogen-bond acceptors (Lipinski definition) is 7. The van der Waals surface area contributed by atoms with Gasteiger partial charge in [-0.1, -0.05) is 12.1 Å². The lowest BCUT2D eigenvalue weighted by Gasteiger charge is -2.13. The van der Waals surface area contributed by atoms with Crippen molar-refractivity contribution in [2.75, 3.05) is 13.1 Å². The van der Waals surface area contributed by atoms with E-state index in [1.807, 2.05) is 0 Å². The lowest BCUT2D eigenvalue weighted by Crippen LogP contribution is -2.30. The second-order valence-electron chi connectivity index (χ2n) is 3.60. The van der Waals surface area contributed by atoms with E-state index in [0.29, 0.717) is 24.4 Å². The summed E-state index contributed by atoms with van der Waals surface area (Å²) < 4.78 is 5.04. The van der Waals surface area contributed by atoms with Crippen LogP contribution < -0.4 is 10.2 Å². The van der Waals surface area contributed by atoms with Crippen molar-refractivity contribution in [1.82, 2.24) is 5.32 Å². The maximum absolute atomic E-state index is 11.9. The highest BCUT2D eigenvalue weighted by Crippen LogP contribution is 2.23. The van der Waals surface area contributed by atoms with Gasteiger partial charge in [-0.3, -0.25) is 4.89 Å². The van der Waals surface area contributed by atoms with E-state index in [1.54, 1.807) is 24.3 Å². The van der Waals surface area contributed by atoms with Crippen LogP contribution in [0, 0.1) is 0 Å². The van der Waals surface area contributed by atoms with Crippen LogP contribution in [0.5, 0.6) is 5.75 Å². The minimum Gasteiger partial charge on any atom is -0.388 e. The molecule has 0 atom stereocenters. The van der Waals surface area contributed by atoms with Crippen LogP contribution in [0.3, 0.4) is 0 Å². The molecule has 1 aromatic rings. The van der Waals surface area contributed by atoms with Gasteiger partial charge in [-0.25, -0.2) is 9.79 Å². The van der Waals surface area contributed by atoms with Gasteiger partial charge in [0.15, 0.2) is 5.75 Å². The van der Waals surface area contributed by atoms with E-state index in [1.165, 1.54) is 0 Å². The first-order valence-electron chi connectivity index (χ1n) is 5.36. The average molecular weight is 247 g/mol. The van der Waals surface area contributed by atoms with E-state index in [0.717, 1.165) is 0 Å². The maximum Gasteiger partial charge on any atom is 0.369 e. The number of amidine groups is 1. The number of esters is 1. The molecule has 2 aliphatic rings. The maximum atomic E-state index is 11.9. The Balaban J connectivity index is 1.83. The Bertz CT molecular complexity index is 553. The number of ether oxygens (including phenoxy) is 1. The zero-order chi connectivity index (χ0) is 12.4. The molecule has 0 aromatic heterocycles. The lowest BCUT2D eigenvalue weighted by molar-refractivity contribution is -0.210. The Morgan fingerprint density at radius 3 is 3.11 bits per heavy atom. The highest BCUT2D eigenvalue weighted by molar-refractivity contribution is 6.45. The molecule has 7 nitrogen and oxygen atoms in total. The fourth-order valence-corrected chi connectivity index (χ4v) is 1.61. The Morgan fingerprint density at radius 2 is 2.28 bits per heavy atom. The molecule has 2 aliphatic heterocycles. The van der Waals surface area contributed by atoms with Crippen molar-refractivity contribution in [3.8, 4) is 5.75 Å². The number of nitrogens with zero attached hydrogens (tertiary/aromatic N) is 2. The van der Waals surface area contributed by atoms with E-state index in [2.05, 4.69) is 20.5 Å². The number of oxime groups is 1. The number of aliphatic imine (C=N–C) groups is 1. The molecule has 0 amide bonds. The molecule has 3 rings (SSSR count). The number of para-hydroxylation sites is 1. The third kappa shape index (κ3) is 1.86. The van der Waals surface area contributed by atoms with Gasteiger partial charge in [0, 0.05) is 6.54 Å². The standard InChI is InChI=1S/C11H9N3O4/c15-10(16-11-12-5-6-13-11)9-7-3-1-2-4-8(7)17-18-14-9/h1-4H,5-6H2,(H,12,13). The zero-order valence-corrected chi connectivity index (χ0v) is 9.25. The number of fused-ring (bicyclic) bond motifs is 1. The molecule has 7 heteroatoms. The minimum atomic E-state index is -0.640. The van der Waals surface area contributed by atoms with Crippen molar-refractivity contribution in [1.29, 1.82) is 0 Å². The average Bonchev–Trinajstić information content (AvgIpc) is 2.91. The fourth-order valence-electron chi connectivity index (χ4n) is 1.61. The summed E-state index contributed by atoms with van der Waals surface area (Å²) >= 11 is 0. The summed E-state index contributed by atoms with van der Waals surface area (Å²) in [6, 6.07) is 7.09. The van der Waals surface area contributed by atoms with Gasteiger partial charge in [0.2, 0.25) is 5.71 Å². The number of rotatable bonds is 1. The predicted octanol–water partition coefficient (Wildman–Crippen LogP) is 0.217. The van der Waals surface area contributed by atoms with Crippen molar-refractivity contribution in [3.63, 3.8) is 0 Å². The number of hydrogen-bond donors (Lipinski definition) is 1. The monoisotopic (exact) mass is 247 g/mol. The molecular weight excluding hydrogens is 238 g/mol. The third-order valence-electron chi connectivity index (χ3n) is 2.42. The van der Waals surface area contributed by atoms with Crippen molar-refractivity contribution in [3.05, 3.63) is 29.8 Å². The molecule has 18 heavy (non-hydrogen) atoms. The second-order valence-corrected chi connectivity index (χ2v) is 3.60. The van der Waals surface area contributed by atoms with Crippen LogP contribution in [-0.2, 0) is 14.5 Å². The Labute approximate surface area is 102 Å². The van der Waals surface area contributed by atoms with Crippen LogP contribution in [0.4, 0.5) is 0 Å². The van der Waals surface area contributed by atoms with Crippen molar-refractivity contribution in [2.24, 2.45) is 10.1 Å². The fraction of sp³-hybridized carbons (Fsp3) is 0.182. The number of nitrogens with one attached hydrogen (secondary N) is 1. The van der Waals surface area contributed by atoms with Crippen LogP contribution >= 0.6 is 0 Å². The van der Waals surface area contributed by atoms with Crippen molar-refractivity contribution in [2.45, 2.75) is 0 Å². The summed E-state index contributed by atoms with van der Waals surface area (Å²) in [5.74, 6) is -0.223. The molecule has 1 N–H and O–H groups in total. The van der Waals surface area contributed by atoms with Crippen LogP contribution in [-0.4, -0.2) is 30.8 Å². The van der Waals surface area contributed by atoms with Gasteiger partial charge in [0.1, 0.15) is 0 Å². The summed E-state index contributed by atoms with van der Waals surface area (Å²) in [6.07, 6.45) is 0. The predicted molar refractivity (Wildman–Crippen MR) is 61.1 cm³/mol. The topological polar surface area (TPSA) is 81.5 Å². The van der Waals surface area contributed by atoms with Gasteiger partial charge in [-0.05, 0) is 17.3 Å². The Morgan fingerprint density at radius 1 is 1.39 bits per heavy atom. The van der Waals surface area contributed by atoms with Crippen molar-refractivity contribution < 1.29 is 19.4 Å². The van der Waals surface area contributed by atoms with Crippen molar-refractivity contribution >= 4 is 17.7 Å². The normalized spacial score (nSPS) is 16.4. The molecule has 0 unspecified atom stereocenters. The van der Waals surface area contributed by atoms with E-state index in [-0.39, 0.29) is 11.7 Å². The molecule has 0 saturated carbocycles. The molecule has 0 bridgehead atoms. The first-order chi connectivity index (χ1) is 8.84. The number of carbonyl (C=O) groups excluding carboxylic acids is 1. The van der Waals surface area contributed by atoms with Gasteiger partial charge in [0.25, 0.3) is 6.02 Å². The first kappa shape index (κ1) is 10.6. The van der Waals surface area contributed by atoms with E-state index in [9.17, 15) is 4.79 Å². The zero-order valence-electron chi connectivity index (χ0n) is 9.25. The quantitative estimate of drug-likeness (QED) is 0.567. The molecule has 0 radical (unpaired) electrons. The molecule has 0 spiro atoms. The Hall–Kier alpha value is -2.57. The molecule has 1 aromatic carbocycles. The van der Waals surface area contributed by atoms with Gasteiger partial charge in [0.05, 0.1) is 12.1 Å². The third-order valence-corrected chi connectivity index (χ3v) is 2.42. The molecule has 0 aliphatic carbocycles. The van der Waals surface area contributed by atoms with Gasteiger partial charge < -0.3 is 10.1 Å². The minimum absolute atomic E-state index is 0.0493. The van der Waals surface area contributed by atoms with Crippen LogP contribution in [0.2, 0.25) is 0 Å². The first-order valence-corrected chi connectivity index (χ1v) is 5.36. The van der Waals surface area contributed by atoms with E-state index in [4.69, 9.17) is 9.62 Å². The SMILES string of the molecule is O=C(OC1=NCCN1)C1=NOOc2ccccc21. The van der Waals surface area contributed by atoms with Gasteiger partial charge >= 0.3 is 5.97 Å². The van der Waals surface area contributed by atoms with E-state index >= 15 is 0 Å². The second kappa shape index (κ2) is 4.36.